The predicted octanol–water partition coefficient (Wildman–Crippen LogP) is 5.81. The zero-order chi connectivity index (χ0) is 13.1. The van der Waals surface area contributed by atoms with Crippen LogP contribution in [0.15, 0.2) is 0 Å². The van der Waals surface area contributed by atoms with Crippen molar-refractivity contribution >= 4 is 0 Å². The van der Waals surface area contributed by atoms with Gasteiger partial charge in [-0.05, 0) is 85.9 Å². The molecule has 0 heteroatoms. The van der Waals surface area contributed by atoms with Gasteiger partial charge in [0.05, 0.1) is 0 Å². The molecular weight excluding hydrogens is 228 g/mol. The summed E-state index contributed by atoms with van der Waals surface area (Å²) >= 11 is 0. The van der Waals surface area contributed by atoms with E-state index in [0.29, 0.717) is 0 Å². The lowest BCUT2D eigenvalue weighted by molar-refractivity contribution is -0.103. The average molecular weight is 260 g/mol. The molecule has 108 valence electrons. The Morgan fingerprint density at radius 3 is 2.47 bits per heavy atom. The fraction of sp³-hybridized carbons (Fsp3) is 1.00. The van der Waals surface area contributed by atoms with Crippen molar-refractivity contribution in [3.05, 3.63) is 0 Å². The van der Waals surface area contributed by atoms with Crippen LogP contribution in [-0.2, 0) is 0 Å². The first-order valence-corrected chi connectivity index (χ1v) is 9.13. The van der Waals surface area contributed by atoms with Crippen molar-refractivity contribution in [3.63, 3.8) is 0 Å². The monoisotopic (exact) mass is 260 g/mol. The van der Waals surface area contributed by atoms with Crippen molar-refractivity contribution in [2.45, 2.75) is 84.5 Å². The van der Waals surface area contributed by atoms with E-state index >= 15 is 0 Å². The molecular formula is C19H32. The maximum absolute atomic E-state index is 2.70. The minimum Gasteiger partial charge on any atom is -0.0594 e. The van der Waals surface area contributed by atoms with Crippen LogP contribution in [0.5, 0.6) is 0 Å². The molecule has 0 bridgehead atoms. The van der Waals surface area contributed by atoms with E-state index in [9.17, 15) is 0 Å². The summed E-state index contributed by atoms with van der Waals surface area (Å²) in [6, 6.07) is 0. The smallest absolute Gasteiger partial charge is 0.0266 e. The summed E-state index contributed by atoms with van der Waals surface area (Å²) in [5, 5.41) is 0. The molecule has 0 aromatic rings. The maximum atomic E-state index is 2.70. The fourth-order valence-corrected chi connectivity index (χ4v) is 7.29. The summed E-state index contributed by atoms with van der Waals surface area (Å²) in [5.41, 5.74) is 1.49. The molecule has 0 aromatic heterocycles. The summed E-state index contributed by atoms with van der Waals surface area (Å²) in [6.45, 7) is 5.33. The maximum Gasteiger partial charge on any atom is -0.0266 e. The van der Waals surface area contributed by atoms with Gasteiger partial charge >= 0.3 is 0 Å². The molecule has 4 aliphatic rings. The normalized spacial score (nSPS) is 57.2. The van der Waals surface area contributed by atoms with Crippen LogP contribution in [0.4, 0.5) is 0 Å². The highest BCUT2D eigenvalue weighted by Gasteiger charge is 2.56. The molecule has 0 amide bonds. The van der Waals surface area contributed by atoms with Crippen molar-refractivity contribution in [3.8, 4) is 0 Å². The summed E-state index contributed by atoms with van der Waals surface area (Å²) in [6.07, 6.45) is 17.1. The van der Waals surface area contributed by atoms with Crippen molar-refractivity contribution in [2.75, 3.05) is 0 Å². The molecule has 0 nitrogen and oxygen atoms in total. The van der Waals surface area contributed by atoms with Gasteiger partial charge in [-0.2, -0.15) is 0 Å². The zero-order valence-electron chi connectivity index (χ0n) is 13.1. The highest BCUT2D eigenvalue weighted by Crippen LogP contribution is 2.66. The van der Waals surface area contributed by atoms with Gasteiger partial charge in [0.15, 0.2) is 0 Å². The predicted molar refractivity (Wildman–Crippen MR) is 81.0 cm³/mol. The van der Waals surface area contributed by atoms with Crippen LogP contribution in [-0.4, -0.2) is 0 Å². The van der Waals surface area contributed by atoms with E-state index in [2.05, 4.69) is 13.8 Å². The lowest BCUT2D eigenvalue weighted by Gasteiger charge is -2.60. The van der Waals surface area contributed by atoms with Gasteiger partial charge in [0.25, 0.3) is 0 Å². The number of hydrogen-bond donors (Lipinski definition) is 0. The number of rotatable bonds is 0. The topological polar surface area (TPSA) is 0 Å². The molecule has 0 aliphatic heterocycles. The van der Waals surface area contributed by atoms with Gasteiger partial charge < -0.3 is 0 Å². The van der Waals surface area contributed by atoms with Crippen molar-refractivity contribution in [2.24, 2.45) is 34.5 Å². The first-order chi connectivity index (χ1) is 9.13. The van der Waals surface area contributed by atoms with Crippen molar-refractivity contribution < 1.29 is 0 Å². The van der Waals surface area contributed by atoms with E-state index in [1.54, 1.807) is 51.4 Å². The van der Waals surface area contributed by atoms with Gasteiger partial charge in [-0.1, -0.05) is 33.1 Å². The summed E-state index contributed by atoms with van der Waals surface area (Å²) in [7, 11) is 0. The van der Waals surface area contributed by atoms with Gasteiger partial charge in [0.1, 0.15) is 0 Å². The van der Waals surface area contributed by atoms with Gasteiger partial charge in [-0.3, -0.25) is 0 Å². The quantitative estimate of drug-likeness (QED) is 0.515. The molecule has 4 rings (SSSR count). The van der Waals surface area contributed by atoms with Gasteiger partial charge in [-0.25, -0.2) is 0 Å². The van der Waals surface area contributed by atoms with Gasteiger partial charge in [0.2, 0.25) is 0 Å². The first-order valence-electron chi connectivity index (χ1n) is 9.13. The summed E-state index contributed by atoms with van der Waals surface area (Å²) in [4.78, 5) is 0. The Bertz CT molecular complexity index is 359. The van der Waals surface area contributed by atoms with E-state index in [1.165, 1.54) is 19.3 Å². The van der Waals surface area contributed by atoms with Crippen LogP contribution < -0.4 is 0 Å². The Morgan fingerprint density at radius 1 is 0.684 bits per heavy atom. The number of hydrogen-bond acceptors (Lipinski definition) is 0. The third kappa shape index (κ3) is 1.70. The third-order valence-corrected chi connectivity index (χ3v) is 8.36. The molecule has 19 heavy (non-hydrogen) atoms. The summed E-state index contributed by atoms with van der Waals surface area (Å²) in [5.74, 6) is 4.41. The minimum atomic E-state index is 0.741. The van der Waals surface area contributed by atoms with Crippen LogP contribution in [0.1, 0.15) is 84.5 Å². The highest BCUT2D eigenvalue weighted by molar-refractivity contribution is 5.06. The lowest BCUT2D eigenvalue weighted by atomic mass is 9.45. The Balaban J connectivity index is 1.64. The van der Waals surface area contributed by atoms with Gasteiger partial charge in [-0.15, -0.1) is 0 Å². The molecule has 0 N–H and O–H groups in total. The summed E-state index contributed by atoms with van der Waals surface area (Å²) < 4.78 is 0. The standard InChI is InChI=1S/C19H32/c1-18-11-5-7-16(18)15-9-8-14-6-3-4-12-19(14,2)17(15)10-13-18/h14-17H,3-13H2,1-2H3/t14-,15?,16+,17+,18?,19+/m1/s1. The molecule has 0 heterocycles. The van der Waals surface area contributed by atoms with E-state index in [1.807, 2.05) is 0 Å². The zero-order valence-corrected chi connectivity index (χ0v) is 13.1. The van der Waals surface area contributed by atoms with E-state index in [-0.39, 0.29) is 0 Å². The van der Waals surface area contributed by atoms with E-state index in [4.69, 9.17) is 0 Å². The molecule has 4 aliphatic carbocycles. The molecule has 4 fully saturated rings. The third-order valence-electron chi connectivity index (χ3n) is 8.36. The van der Waals surface area contributed by atoms with Crippen LogP contribution in [0.25, 0.3) is 0 Å². The van der Waals surface area contributed by atoms with E-state index in [0.717, 1.165) is 34.5 Å². The van der Waals surface area contributed by atoms with Crippen LogP contribution in [0.2, 0.25) is 0 Å². The molecule has 0 saturated heterocycles. The SMILES string of the molecule is CC12CCC[C@H]1C1CC[C@H]3CCCC[C@]3(C)[C@H]1CC2. The Hall–Kier alpha value is 0. The molecule has 4 saturated carbocycles. The highest BCUT2D eigenvalue weighted by atomic mass is 14.6. The van der Waals surface area contributed by atoms with E-state index < -0.39 is 0 Å². The molecule has 0 radical (unpaired) electrons. The van der Waals surface area contributed by atoms with Crippen LogP contribution in [0.3, 0.4) is 0 Å². The molecule has 0 spiro atoms. The second kappa shape index (κ2) is 4.25. The largest absolute Gasteiger partial charge is 0.0594 e. The second-order valence-corrected chi connectivity index (χ2v) is 8.99. The Morgan fingerprint density at radius 2 is 1.58 bits per heavy atom. The molecule has 6 atom stereocenters. The van der Waals surface area contributed by atoms with Crippen LogP contribution in [0, 0.1) is 34.5 Å². The molecule has 0 aromatic carbocycles. The first kappa shape index (κ1) is 12.7. The average Bonchev–Trinajstić information content (AvgIpc) is 2.79. The lowest BCUT2D eigenvalue weighted by Crippen LogP contribution is -2.51. The molecule has 2 unspecified atom stereocenters. The second-order valence-electron chi connectivity index (χ2n) is 8.99. The van der Waals surface area contributed by atoms with Crippen molar-refractivity contribution in [1.82, 2.24) is 0 Å². The van der Waals surface area contributed by atoms with Gasteiger partial charge in [0, 0.05) is 0 Å². The van der Waals surface area contributed by atoms with Crippen LogP contribution >= 0.6 is 0 Å². The fourth-order valence-electron chi connectivity index (χ4n) is 7.29. The Kier molecular flexibility index (Phi) is 2.84. The number of fused-ring (bicyclic) bond motifs is 5. The minimum absolute atomic E-state index is 0.741. The Labute approximate surface area is 119 Å². The van der Waals surface area contributed by atoms with Crippen molar-refractivity contribution in [1.29, 1.82) is 0 Å².